The van der Waals surface area contributed by atoms with E-state index in [4.69, 9.17) is 0 Å². The molecule has 4 rings (SSSR count). The van der Waals surface area contributed by atoms with Crippen LogP contribution in [0.2, 0.25) is 0 Å². The minimum absolute atomic E-state index is 0.0796. The number of carbonyl (C=O) groups excluding carboxylic acids is 1. The van der Waals surface area contributed by atoms with Crippen LogP contribution in [0.3, 0.4) is 0 Å². The molecule has 3 aromatic rings. The van der Waals surface area contributed by atoms with E-state index >= 15 is 0 Å². The highest BCUT2D eigenvalue weighted by Gasteiger charge is 2.17. The molecule has 0 spiro atoms. The van der Waals surface area contributed by atoms with Crippen LogP contribution in [0.25, 0.3) is 0 Å². The molecule has 142 valence electrons. The van der Waals surface area contributed by atoms with Crippen molar-refractivity contribution in [2.24, 2.45) is 0 Å². The number of nitrogens with one attached hydrogen (secondary N) is 1. The first-order valence-corrected chi connectivity index (χ1v) is 10.8. The predicted molar refractivity (Wildman–Crippen MR) is 117 cm³/mol. The van der Waals surface area contributed by atoms with Gasteiger partial charge < -0.3 is 10.2 Å². The van der Waals surface area contributed by atoms with Crippen molar-refractivity contribution in [1.82, 2.24) is 9.97 Å². The first-order chi connectivity index (χ1) is 13.7. The van der Waals surface area contributed by atoms with Crippen LogP contribution in [0.15, 0.2) is 70.4 Å². The number of carbonyl (C=O) groups is 1. The predicted octanol–water partition coefficient (Wildman–Crippen LogP) is 4.53. The summed E-state index contributed by atoms with van der Waals surface area (Å²) in [5.41, 5.74) is 3.52. The van der Waals surface area contributed by atoms with Crippen LogP contribution in [0.4, 0.5) is 11.5 Å². The zero-order chi connectivity index (χ0) is 19.3. The maximum atomic E-state index is 12.2. The number of hydrogen-bond donors (Lipinski definition) is 1. The number of hydrogen-bond acceptors (Lipinski definition) is 5. The summed E-state index contributed by atoms with van der Waals surface area (Å²) in [5, 5.41) is 3.50. The lowest BCUT2D eigenvalue weighted by molar-refractivity contribution is -0.113. The minimum Gasteiger partial charge on any atom is -0.352 e. The average molecular weight is 455 g/mol. The quantitative estimate of drug-likeness (QED) is 0.453. The van der Waals surface area contributed by atoms with E-state index in [1.807, 2.05) is 30.3 Å². The van der Waals surface area contributed by atoms with Crippen molar-refractivity contribution in [2.75, 3.05) is 22.5 Å². The molecule has 0 radical (unpaired) electrons. The molecule has 2 aromatic carbocycles. The Kier molecular flexibility index (Phi) is 5.92. The average Bonchev–Trinajstić information content (AvgIpc) is 2.72. The number of rotatable bonds is 5. The highest BCUT2D eigenvalue weighted by atomic mass is 79.9. The van der Waals surface area contributed by atoms with E-state index < -0.39 is 0 Å². The zero-order valence-electron chi connectivity index (χ0n) is 15.1. The Morgan fingerprint density at radius 1 is 1.14 bits per heavy atom. The molecule has 1 aromatic heterocycles. The summed E-state index contributed by atoms with van der Waals surface area (Å²) in [7, 11) is 0. The molecule has 1 aliphatic rings. The fourth-order valence-corrected chi connectivity index (χ4v) is 4.19. The molecule has 1 aliphatic heterocycles. The van der Waals surface area contributed by atoms with E-state index in [0.717, 1.165) is 35.5 Å². The second kappa shape index (κ2) is 8.75. The van der Waals surface area contributed by atoms with Gasteiger partial charge in [0.15, 0.2) is 5.16 Å². The van der Waals surface area contributed by atoms with Crippen LogP contribution in [0.1, 0.15) is 11.1 Å². The van der Waals surface area contributed by atoms with Gasteiger partial charge in [0.05, 0.1) is 5.75 Å². The summed E-state index contributed by atoms with van der Waals surface area (Å²) >= 11 is 4.75. The third kappa shape index (κ3) is 4.72. The van der Waals surface area contributed by atoms with Gasteiger partial charge in [-0.1, -0.05) is 58.0 Å². The SMILES string of the molecule is O=C(CSc1nccc(N2CCc3ccccc3C2)n1)Nc1cccc(Br)c1. The van der Waals surface area contributed by atoms with Crippen molar-refractivity contribution in [3.8, 4) is 0 Å². The van der Waals surface area contributed by atoms with Gasteiger partial charge in [0, 0.05) is 29.4 Å². The number of anilines is 2. The Morgan fingerprint density at radius 3 is 2.86 bits per heavy atom. The number of thioether (sulfide) groups is 1. The summed E-state index contributed by atoms with van der Waals surface area (Å²) in [5.74, 6) is 1.09. The Hall–Kier alpha value is -2.38. The van der Waals surface area contributed by atoms with Gasteiger partial charge in [-0.3, -0.25) is 4.79 Å². The lowest BCUT2D eigenvalue weighted by Gasteiger charge is -2.29. The Morgan fingerprint density at radius 2 is 2.00 bits per heavy atom. The van der Waals surface area contributed by atoms with Crippen molar-refractivity contribution in [3.63, 3.8) is 0 Å². The number of halogens is 1. The van der Waals surface area contributed by atoms with Gasteiger partial charge in [-0.2, -0.15) is 0 Å². The molecule has 1 N–H and O–H groups in total. The molecule has 0 saturated heterocycles. The van der Waals surface area contributed by atoms with Crippen LogP contribution in [-0.4, -0.2) is 28.2 Å². The topological polar surface area (TPSA) is 58.1 Å². The maximum Gasteiger partial charge on any atom is 0.234 e. The Labute approximate surface area is 176 Å². The first-order valence-electron chi connectivity index (χ1n) is 9.00. The highest BCUT2D eigenvalue weighted by Crippen LogP contribution is 2.24. The molecule has 0 unspecified atom stereocenters. The standard InChI is InChI=1S/C21H19BrN4OS/c22-17-6-3-7-18(12-17)24-20(27)14-28-21-23-10-8-19(25-21)26-11-9-15-4-1-2-5-16(15)13-26/h1-8,10,12H,9,11,13-14H2,(H,24,27). The van der Waals surface area contributed by atoms with E-state index in [1.165, 1.54) is 22.9 Å². The molecular weight excluding hydrogens is 436 g/mol. The van der Waals surface area contributed by atoms with Crippen molar-refractivity contribution in [1.29, 1.82) is 0 Å². The van der Waals surface area contributed by atoms with Gasteiger partial charge >= 0.3 is 0 Å². The number of fused-ring (bicyclic) bond motifs is 1. The second-order valence-corrected chi connectivity index (χ2v) is 8.34. The minimum atomic E-state index is -0.0796. The summed E-state index contributed by atoms with van der Waals surface area (Å²) in [6.45, 7) is 1.78. The monoisotopic (exact) mass is 454 g/mol. The van der Waals surface area contributed by atoms with E-state index in [0.29, 0.717) is 5.16 Å². The summed E-state index contributed by atoms with van der Waals surface area (Å²) in [6.07, 6.45) is 2.77. The number of nitrogens with zero attached hydrogens (tertiary/aromatic N) is 3. The normalized spacial score (nSPS) is 13.1. The zero-order valence-corrected chi connectivity index (χ0v) is 17.5. The molecule has 7 heteroatoms. The lowest BCUT2D eigenvalue weighted by atomic mass is 10.00. The van der Waals surface area contributed by atoms with Crippen LogP contribution >= 0.6 is 27.7 Å². The molecule has 0 bridgehead atoms. The largest absolute Gasteiger partial charge is 0.352 e. The van der Waals surface area contributed by atoms with E-state index in [9.17, 15) is 4.79 Å². The molecule has 5 nitrogen and oxygen atoms in total. The maximum absolute atomic E-state index is 12.2. The molecule has 2 heterocycles. The molecule has 28 heavy (non-hydrogen) atoms. The fourth-order valence-electron chi connectivity index (χ4n) is 3.16. The van der Waals surface area contributed by atoms with Crippen LogP contribution in [-0.2, 0) is 17.8 Å². The number of amides is 1. The number of aromatic nitrogens is 2. The van der Waals surface area contributed by atoms with Gasteiger partial charge in [0.1, 0.15) is 5.82 Å². The van der Waals surface area contributed by atoms with Crippen LogP contribution in [0.5, 0.6) is 0 Å². The fraction of sp³-hybridized carbons (Fsp3) is 0.190. The van der Waals surface area contributed by atoms with Crippen LogP contribution < -0.4 is 10.2 Å². The van der Waals surface area contributed by atoms with Crippen LogP contribution in [0, 0.1) is 0 Å². The molecule has 0 aliphatic carbocycles. The first kappa shape index (κ1) is 19.0. The van der Waals surface area contributed by atoms with E-state index in [1.54, 1.807) is 6.20 Å². The second-order valence-electron chi connectivity index (χ2n) is 6.48. The summed E-state index contributed by atoms with van der Waals surface area (Å²) in [4.78, 5) is 23.4. The van der Waals surface area contributed by atoms with Crippen molar-refractivity contribution in [2.45, 2.75) is 18.1 Å². The van der Waals surface area contributed by atoms with E-state index in [2.05, 4.69) is 60.4 Å². The molecule has 0 saturated carbocycles. The molecule has 0 fully saturated rings. The van der Waals surface area contributed by atoms with E-state index in [-0.39, 0.29) is 11.7 Å². The van der Waals surface area contributed by atoms with Gasteiger partial charge in [-0.05, 0) is 41.8 Å². The van der Waals surface area contributed by atoms with Gasteiger partial charge in [-0.25, -0.2) is 9.97 Å². The molecule has 0 atom stereocenters. The van der Waals surface area contributed by atoms with Crippen molar-refractivity contribution >= 4 is 45.1 Å². The third-order valence-corrected chi connectivity index (χ3v) is 5.87. The van der Waals surface area contributed by atoms with Gasteiger partial charge in [0.2, 0.25) is 5.91 Å². The third-order valence-electron chi connectivity index (χ3n) is 4.51. The van der Waals surface area contributed by atoms with Crippen molar-refractivity contribution in [3.05, 3.63) is 76.4 Å². The molecule has 1 amide bonds. The Balaban J connectivity index is 1.37. The summed E-state index contributed by atoms with van der Waals surface area (Å²) < 4.78 is 0.928. The molecular formula is C21H19BrN4OS. The summed E-state index contributed by atoms with van der Waals surface area (Å²) in [6, 6.07) is 18.0. The lowest BCUT2D eigenvalue weighted by Crippen LogP contribution is -2.31. The number of benzene rings is 2. The van der Waals surface area contributed by atoms with Crippen molar-refractivity contribution < 1.29 is 4.79 Å². The Bertz CT molecular complexity index is 997. The highest BCUT2D eigenvalue weighted by molar-refractivity contribution is 9.10. The van der Waals surface area contributed by atoms with Gasteiger partial charge in [0.25, 0.3) is 0 Å². The van der Waals surface area contributed by atoms with Gasteiger partial charge in [-0.15, -0.1) is 0 Å². The smallest absolute Gasteiger partial charge is 0.234 e.